The molecule has 1 aliphatic rings. The number of nitrogens with zero attached hydrogens (tertiary/aromatic N) is 4. The maximum atomic E-state index is 14.6. The van der Waals surface area contributed by atoms with E-state index in [9.17, 15) is 4.39 Å². The molecule has 3 heterocycles. The van der Waals surface area contributed by atoms with Crippen LogP contribution in [0.2, 0.25) is 0 Å². The molecule has 27 heavy (non-hydrogen) atoms. The van der Waals surface area contributed by atoms with Gasteiger partial charge in [0.15, 0.2) is 17.2 Å². The molecule has 0 aliphatic carbocycles. The molecule has 136 valence electrons. The topological polar surface area (TPSA) is 112 Å². The van der Waals surface area contributed by atoms with Gasteiger partial charge in [-0.15, -0.1) is 0 Å². The lowest BCUT2D eigenvalue weighted by Crippen LogP contribution is -2.53. The van der Waals surface area contributed by atoms with E-state index < -0.39 is 5.67 Å². The monoisotopic (exact) mass is 365 g/mol. The van der Waals surface area contributed by atoms with Gasteiger partial charge in [-0.1, -0.05) is 6.07 Å². The molecule has 0 unspecified atom stereocenters. The van der Waals surface area contributed by atoms with Crippen molar-refractivity contribution in [2.45, 2.75) is 5.67 Å². The number of halogens is 1. The van der Waals surface area contributed by atoms with E-state index in [2.05, 4.69) is 30.8 Å². The third-order valence-corrected chi connectivity index (χ3v) is 4.42. The molecule has 1 aromatic carbocycles. The van der Waals surface area contributed by atoms with Crippen molar-refractivity contribution >= 4 is 11.6 Å². The van der Waals surface area contributed by atoms with Gasteiger partial charge in [-0.05, 0) is 17.7 Å². The number of aromatic nitrogens is 4. The first-order valence-corrected chi connectivity index (χ1v) is 8.24. The van der Waals surface area contributed by atoms with E-state index in [1.807, 2.05) is 12.1 Å². The first-order chi connectivity index (χ1) is 13.1. The van der Waals surface area contributed by atoms with Crippen LogP contribution in [0.4, 0.5) is 16.0 Å². The first-order valence-electron chi connectivity index (χ1n) is 8.24. The van der Waals surface area contributed by atoms with E-state index in [1.54, 1.807) is 25.3 Å². The zero-order valence-electron chi connectivity index (χ0n) is 14.5. The average Bonchev–Trinajstić information content (AvgIpc) is 3.14. The fraction of sp³-hybridized carbons (Fsp3) is 0.222. The maximum Gasteiger partial charge on any atom is 0.160 e. The van der Waals surface area contributed by atoms with Crippen LogP contribution in [0.5, 0.6) is 5.75 Å². The van der Waals surface area contributed by atoms with Gasteiger partial charge in [0.25, 0.3) is 0 Å². The van der Waals surface area contributed by atoms with Crippen molar-refractivity contribution in [3.05, 3.63) is 47.9 Å². The minimum absolute atomic E-state index is 0.236. The highest BCUT2D eigenvalue weighted by Crippen LogP contribution is 2.37. The molecule has 0 spiro atoms. The van der Waals surface area contributed by atoms with Crippen LogP contribution in [0, 0.1) is 11.3 Å². The lowest BCUT2D eigenvalue weighted by molar-refractivity contribution is 0.0889. The second-order valence-electron chi connectivity index (χ2n) is 6.17. The zero-order chi connectivity index (χ0) is 18.9. The molecule has 1 aliphatic heterocycles. The highest BCUT2D eigenvalue weighted by Gasteiger charge is 2.39. The number of ether oxygens (including phenoxy) is 1. The van der Waals surface area contributed by atoms with Gasteiger partial charge in [0.05, 0.1) is 25.2 Å². The number of alkyl halides is 1. The molecule has 4 rings (SSSR count). The number of methoxy groups -OCH3 is 1. The molecule has 0 atom stereocenters. The Morgan fingerprint density at radius 2 is 2.07 bits per heavy atom. The van der Waals surface area contributed by atoms with Gasteiger partial charge < -0.3 is 15.4 Å². The van der Waals surface area contributed by atoms with Crippen LogP contribution in [0.15, 0.2) is 36.7 Å². The predicted octanol–water partition coefficient (Wildman–Crippen LogP) is 2.26. The summed E-state index contributed by atoms with van der Waals surface area (Å²) >= 11 is 0. The normalized spacial score (nSPS) is 14.9. The highest BCUT2D eigenvalue weighted by atomic mass is 19.1. The molecule has 1 fully saturated rings. The Morgan fingerprint density at radius 1 is 1.22 bits per heavy atom. The van der Waals surface area contributed by atoms with Crippen molar-refractivity contribution in [3.8, 4) is 23.1 Å². The van der Waals surface area contributed by atoms with Crippen LogP contribution in [0.1, 0.15) is 11.3 Å². The average molecular weight is 365 g/mol. The van der Waals surface area contributed by atoms with Crippen molar-refractivity contribution in [1.82, 2.24) is 25.5 Å². The molecule has 0 bridgehead atoms. The van der Waals surface area contributed by atoms with Crippen LogP contribution < -0.4 is 15.4 Å². The van der Waals surface area contributed by atoms with E-state index >= 15 is 0 Å². The summed E-state index contributed by atoms with van der Waals surface area (Å²) in [4.78, 5) is 8.04. The lowest BCUT2D eigenvalue weighted by Gasteiger charge is -2.35. The number of benzene rings is 1. The molecular formula is C18H16FN7O. The smallest absolute Gasteiger partial charge is 0.160 e. The molecule has 3 aromatic rings. The summed E-state index contributed by atoms with van der Waals surface area (Å²) in [6.07, 6.45) is 2.83. The van der Waals surface area contributed by atoms with Gasteiger partial charge >= 0.3 is 0 Å². The van der Waals surface area contributed by atoms with E-state index in [0.29, 0.717) is 41.7 Å². The fourth-order valence-corrected chi connectivity index (χ4v) is 2.85. The molecular weight excluding hydrogens is 349 g/mol. The lowest BCUT2D eigenvalue weighted by atomic mass is 9.89. The Balaban J connectivity index is 1.58. The number of hydrogen-bond donors (Lipinski definition) is 3. The fourth-order valence-electron chi connectivity index (χ4n) is 2.85. The van der Waals surface area contributed by atoms with Gasteiger partial charge in [-0.2, -0.15) is 10.4 Å². The van der Waals surface area contributed by atoms with Crippen LogP contribution in [0.3, 0.4) is 0 Å². The van der Waals surface area contributed by atoms with Crippen molar-refractivity contribution in [2.75, 3.05) is 25.5 Å². The highest BCUT2D eigenvalue weighted by molar-refractivity contribution is 5.71. The van der Waals surface area contributed by atoms with E-state index in [1.165, 1.54) is 12.4 Å². The van der Waals surface area contributed by atoms with E-state index in [4.69, 9.17) is 10.00 Å². The summed E-state index contributed by atoms with van der Waals surface area (Å²) in [6, 6.07) is 8.99. The van der Waals surface area contributed by atoms with Crippen LogP contribution in [0.25, 0.3) is 11.3 Å². The van der Waals surface area contributed by atoms with Crippen molar-refractivity contribution in [2.24, 2.45) is 0 Å². The molecule has 3 N–H and O–H groups in total. The SMILES string of the molecule is COc1cc(C2(F)CNC2)ccc1-c1cc(Nc2cnc(C#N)cn2)n[nH]1. The summed E-state index contributed by atoms with van der Waals surface area (Å²) in [5, 5.41) is 21.8. The van der Waals surface area contributed by atoms with Gasteiger partial charge in [0, 0.05) is 24.7 Å². The van der Waals surface area contributed by atoms with Crippen molar-refractivity contribution < 1.29 is 9.13 Å². The molecule has 2 aromatic heterocycles. The van der Waals surface area contributed by atoms with Gasteiger partial charge in [0.1, 0.15) is 17.6 Å². The Hall–Kier alpha value is -3.51. The maximum absolute atomic E-state index is 14.6. The van der Waals surface area contributed by atoms with E-state index in [0.717, 1.165) is 5.56 Å². The number of nitriles is 1. The number of rotatable bonds is 5. The minimum Gasteiger partial charge on any atom is -0.496 e. The number of aromatic amines is 1. The minimum atomic E-state index is -1.35. The Labute approximate surface area is 154 Å². The van der Waals surface area contributed by atoms with Crippen molar-refractivity contribution in [3.63, 3.8) is 0 Å². The summed E-state index contributed by atoms with van der Waals surface area (Å²) < 4.78 is 20.1. The molecule has 0 saturated carbocycles. The predicted molar refractivity (Wildman–Crippen MR) is 96.3 cm³/mol. The number of hydrogen-bond acceptors (Lipinski definition) is 7. The Morgan fingerprint density at radius 3 is 2.70 bits per heavy atom. The molecule has 1 saturated heterocycles. The number of nitrogens with one attached hydrogen (secondary N) is 3. The third-order valence-electron chi connectivity index (χ3n) is 4.42. The largest absolute Gasteiger partial charge is 0.496 e. The third kappa shape index (κ3) is 3.18. The molecule has 8 nitrogen and oxygen atoms in total. The second kappa shape index (κ2) is 6.66. The van der Waals surface area contributed by atoms with Crippen LogP contribution in [-0.2, 0) is 5.67 Å². The van der Waals surface area contributed by atoms with Crippen LogP contribution >= 0.6 is 0 Å². The molecule has 9 heteroatoms. The molecule has 0 radical (unpaired) electrons. The summed E-state index contributed by atoms with van der Waals surface area (Å²) in [5.74, 6) is 1.55. The quantitative estimate of drug-likeness (QED) is 0.636. The first kappa shape index (κ1) is 16.9. The Kier molecular flexibility index (Phi) is 4.18. The van der Waals surface area contributed by atoms with Gasteiger partial charge in [-0.3, -0.25) is 5.10 Å². The molecule has 0 amide bonds. The van der Waals surface area contributed by atoms with Crippen molar-refractivity contribution in [1.29, 1.82) is 5.26 Å². The zero-order valence-corrected chi connectivity index (χ0v) is 14.5. The summed E-state index contributed by atoms with van der Waals surface area (Å²) in [7, 11) is 1.55. The standard InChI is InChI=1S/C18H16FN7O/c1-27-15-4-11(18(19)9-21-10-18)2-3-13(15)14-5-16(26-25-14)24-17-8-22-12(6-20)7-23-17/h2-5,7-8,21H,9-10H2,1H3,(H2,23,24,25,26). The summed E-state index contributed by atoms with van der Waals surface area (Å²) in [5.41, 5.74) is 0.958. The summed E-state index contributed by atoms with van der Waals surface area (Å²) in [6.45, 7) is 0.610. The second-order valence-corrected chi connectivity index (χ2v) is 6.17. The van der Waals surface area contributed by atoms with Gasteiger partial charge in [0.2, 0.25) is 0 Å². The Bertz CT molecular complexity index is 1010. The number of H-pyrrole nitrogens is 1. The number of anilines is 2. The van der Waals surface area contributed by atoms with Crippen LogP contribution in [-0.4, -0.2) is 40.4 Å². The van der Waals surface area contributed by atoms with Gasteiger partial charge in [-0.25, -0.2) is 14.4 Å². The van der Waals surface area contributed by atoms with E-state index in [-0.39, 0.29) is 5.69 Å².